The molecule has 106 valence electrons. The van der Waals surface area contributed by atoms with Gasteiger partial charge in [-0.1, -0.05) is 36.3 Å². The Hall–Kier alpha value is -2.14. The molecule has 0 saturated heterocycles. The number of carbonyl (C=O) groups excluding carboxylic acids is 1. The van der Waals surface area contributed by atoms with Crippen molar-refractivity contribution in [3.63, 3.8) is 0 Å². The number of aliphatic hydroxyl groups excluding tert-OH is 1. The molecule has 5 nitrogen and oxygen atoms in total. The van der Waals surface area contributed by atoms with E-state index in [0.717, 1.165) is 12.0 Å². The summed E-state index contributed by atoms with van der Waals surface area (Å²) < 4.78 is 4.68. The maximum Gasteiger partial charge on any atom is 0.226 e. The number of nitrogens with one attached hydrogen (secondary N) is 1. The summed E-state index contributed by atoms with van der Waals surface area (Å²) in [5.74, 6) is -0.197. The Kier molecular flexibility index (Phi) is 4.90. The third-order valence-corrected chi connectivity index (χ3v) is 3.14. The molecule has 1 amide bonds. The molecule has 1 aromatic heterocycles. The predicted octanol–water partition coefficient (Wildman–Crippen LogP) is 1.63. The van der Waals surface area contributed by atoms with Gasteiger partial charge in [0.1, 0.15) is 6.26 Å². The van der Waals surface area contributed by atoms with Gasteiger partial charge in [-0.3, -0.25) is 4.79 Å². The maximum atomic E-state index is 11.9. The lowest BCUT2D eigenvalue weighted by molar-refractivity contribution is -0.121. The highest BCUT2D eigenvalue weighted by molar-refractivity contribution is 5.78. The topological polar surface area (TPSA) is 75.4 Å². The molecule has 0 radical (unpaired) electrons. The zero-order valence-electron chi connectivity index (χ0n) is 11.4. The van der Waals surface area contributed by atoms with Crippen LogP contribution in [0, 0.1) is 0 Å². The van der Waals surface area contributed by atoms with Gasteiger partial charge in [-0.15, -0.1) is 0 Å². The van der Waals surface area contributed by atoms with Crippen LogP contribution in [0.2, 0.25) is 0 Å². The van der Waals surface area contributed by atoms with Gasteiger partial charge in [-0.05, 0) is 17.5 Å². The van der Waals surface area contributed by atoms with E-state index >= 15 is 0 Å². The zero-order chi connectivity index (χ0) is 14.4. The number of aliphatic hydroxyl groups is 1. The molecule has 1 unspecified atom stereocenters. The number of nitrogens with zero attached hydrogens (tertiary/aromatic N) is 1. The summed E-state index contributed by atoms with van der Waals surface area (Å²) in [6, 6.07) is 9.10. The van der Waals surface area contributed by atoms with Gasteiger partial charge < -0.3 is 14.9 Å². The fourth-order valence-electron chi connectivity index (χ4n) is 1.96. The van der Waals surface area contributed by atoms with E-state index in [9.17, 15) is 9.90 Å². The minimum Gasteiger partial charge on any atom is -0.394 e. The Balaban J connectivity index is 1.98. The maximum absolute atomic E-state index is 11.9. The second kappa shape index (κ2) is 6.86. The van der Waals surface area contributed by atoms with Crippen molar-refractivity contribution in [2.24, 2.45) is 0 Å². The standard InChI is InChI=1S/C15H18N2O3/c1-2-11-3-5-12(6-4-11)14(10-18)16-15(19)9-13-7-8-20-17-13/h3-8,14,18H,2,9-10H2,1H3,(H,16,19). The van der Waals surface area contributed by atoms with Gasteiger partial charge in [0, 0.05) is 6.07 Å². The number of aryl methyl sites for hydroxylation is 1. The summed E-state index contributed by atoms with van der Waals surface area (Å²) in [6.45, 7) is 1.94. The number of aromatic nitrogens is 1. The van der Waals surface area contributed by atoms with Gasteiger partial charge in [-0.25, -0.2) is 0 Å². The van der Waals surface area contributed by atoms with Crippen molar-refractivity contribution in [2.75, 3.05) is 6.61 Å². The number of benzene rings is 1. The number of carbonyl (C=O) groups is 1. The Morgan fingerprint density at radius 2 is 2.10 bits per heavy atom. The van der Waals surface area contributed by atoms with Crippen LogP contribution in [0.25, 0.3) is 0 Å². The lowest BCUT2D eigenvalue weighted by atomic mass is 10.0. The average Bonchev–Trinajstić information content (AvgIpc) is 2.97. The third-order valence-electron chi connectivity index (χ3n) is 3.14. The Morgan fingerprint density at radius 1 is 1.35 bits per heavy atom. The quantitative estimate of drug-likeness (QED) is 0.839. The molecule has 0 fully saturated rings. The number of hydrogen-bond donors (Lipinski definition) is 2. The molecule has 2 rings (SSSR count). The third kappa shape index (κ3) is 3.68. The molecular formula is C15H18N2O3. The first kappa shape index (κ1) is 14.3. The van der Waals surface area contributed by atoms with E-state index in [4.69, 9.17) is 0 Å². The predicted molar refractivity (Wildman–Crippen MR) is 74.0 cm³/mol. The fourth-order valence-corrected chi connectivity index (χ4v) is 1.96. The van der Waals surface area contributed by atoms with E-state index < -0.39 is 6.04 Å². The van der Waals surface area contributed by atoms with Gasteiger partial charge >= 0.3 is 0 Å². The zero-order valence-corrected chi connectivity index (χ0v) is 11.4. The Bertz CT molecular complexity index is 535. The molecule has 2 N–H and O–H groups in total. The van der Waals surface area contributed by atoms with Crippen LogP contribution in [0.15, 0.2) is 41.1 Å². The molecular weight excluding hydrogens is 256 g/mol. The van der Waals surface area contributed by atoms with Crippen LogP contribution in [0.4, 0.5) is 0 Å². The lowest BCUT2D eigenvalue weighted by Gasteiger charge is -2.16. The molecule has 1 aromatic carbocycles. The molecule has 20 heavy (non-hydrogen) atoms. The number of hydrogen-bond acceptors (Lipinski definition) is 4. The van der Waals surface area contributed by atoms with Gasteiger partial charge in [0.05, 0.1) is 24.8 Å². The molecule has 2 aromatic rings. The molecule has 5 heteroatoms. The first-order valence-electron chi connectivity index (χ1n) is 6.61. The van der Waals surface area contributed by atoms with E-state index in [0.29, 0.717) is 5.69 Å². The molecule has 0 spiro atoms. The van der Waals surface area contributed by atoms with Gasteiger partial charge in [0.15, 0.2) is 0 Å². The van der Waals surface area contributed by atoms with E-state index in [1.807, 2.05) is 24.3 Å². The van der Waals surface area contributed by atoms with Gasteiger partial charge in [0.25, 0.3) is 0 Å². The van der Waals surface area contributed by atoms with Crippen LogP contribution < -0.4 is 5.32 Å². The number of amides is 1. The first-order chi connectivity index (χ1) is 9.72. The van der Waals surface area contributed by atoms with E-state index in [-0.39, 0.29) is 18.9 Å². The first-order valence-corrected chi connectivity index (χ1v) is 6.61. The highest BCUT2D eigenvalue weighted by atomic mass is 16.5. The smallest absolute Gasteiger partial charge is 0.226 e. The fraction of sp³-hybridized carbons (Fsp3) is 0.333. The molecule has 0 bridgehead atoms. The van der Waals surface area contributed by atoms with Crippen LogP contribution in [0.1, 0.15) is 29.8 Å². The van der Waals surface area contributed by atoms with Crippen molar-refractivity contribution in [1.29, 1.82) is 0 Å². The average molecular weight is 274 g/mol. The van der Waals surface area contributed by atoms with Crippen molar-refractivity contribution in [1.82, 2.24) is 10.5 Å². The van der Waals surface area contributed by atoms with Crippen LogP contribution >= 0.6 is 0 Å². The normalized spacial score (nSPS) is 12.1. The molecule has 0 saturated carbocycles. The second-order valence-electron chi connectivity index (χ2n) is 4.57. The highest BCUT2D eigenvalue weighted by Crippen LogP contribution is 2.14. The molecule has 1 atom stereocenters. The minimum absolute atomic E-state index is 0.139. The van der Waals surface area contributed by atoms with Crippen LogP contribution in [0.3, 0.4) is 0 Å². The second-order valence-corrected chi connectivity index (χ2v) is 4.57. The van der Waals surface area contributed by atoms with Crippen molar-refractivity contribution in [3.8, 4) is 0 Å². The molecule has 0 aliphatic heterocycles. The van der Waals surface area contributed by atoms with Crippen molar-refractivity contribution in [2.45, 2.75) is 25.8 Å². The van der Waals surface area contributed by atoms with Crippen molar-refractivity contribution in [3.05, 3.63) is 53.4 Å². The Labute approximate surface area is 117 Å². The minimum atomic E-state index is -0.402. The Morgan fingerprint density at radius 3 is 2.65 bits per heavy atom. The summed E-state index contributed by atoms with van der Waals surface area (Å²) in [5, 5.41) is 15.9. The van der Waals surface area contributed by atoms with Gasteiger partial charge in [0.2, 0.25) is 5.91 Å². The SMILES string of the molecule is CCc1ccc(C(CO)NC(=O)Cc2ccon2)cc1. The molecule has 1 heterocycles. The van der Waals surface area contributed by atoms with E-state index in [1.165, 1.54) is 11.8 Å². The van der Waals surface area contributed by atoms with Gasteiger partial charge in [-0.2, -0.15) is 0 Å². The lowest BCUT2D eigenvalue weighted by Crippen LogP contribution is -2.32. The van der Waals surface area contributed by atoms with E-state index in [1.54, 1.807) is 6.07 Å². The molecule has 0 aliphatic carbocycles. The van der Waals surface area contributed by atoms with Crippen LogP contribution in [-0.2, 0) is 17.6 Å². The van der Waals surface area contributed by atoms with Crippen LogP contribution in [0.5, 0.6) is 0 Å². The van der Waals surface area contributed by atoms with Crippen molar-refractivity contribution < 1.29 is 14.4 Å². The largest absolute Gasteiger partial charge is 0.394 e. The highest BCUT2D eigenvalue weighted by Gasteiger charge is 2.14. The van der Waals surface area contributed by atoms with E-state index in [2.05, 4.69) is 21.9 Å². The van der Waals surface area contributed by atoms with Crippen LogP contribution in [-0.4, -0.2) is 22.8 Å². The van der Waals surface area contributed by atoms with Crippen molar-refractivity contribution >= 4 is 5.91 Å². The molecule has 0 aliphatic rings. The summed E-state index contributed by atoms with van der Waals surface area (Å²) in [4.78, 5) is 11.9. The monoisotopic (exact) mass is 274 g/mol. The summed E-state index contributed by atoms with van der Waals surface area (Å²) in [6.07, 6.45) is 2.53. The summed E-state index contributed by atoms with van der Waals surface area (Å²) in [7, 11) is 0. The summed E-state index contributed by atoms with van der Waals surface area (Å²) in [5.41, 5.74) is 2.68. The summed E-state index contributed by atoms with van der Waals surface area (Å²) >= 11 is 0. The number of rotatable bonds is 6.